The number of carbonyl (C=O) groups excluding carboxylic acids is 2. The van der Waals surface area contributed by atoms with Crippen molar-refractivity contribution in [2.45, 2.75) is 6.42 Å². The first kappa shape index (κ1) is 27.2. The molecular weight excluding hydrogens is 538 g/mol. The van der Waals surface area contributed by atoms with Gasteiger partial charge in [-0.25, -0.2) is 13.2 Å². The van der Waals surface area contributed by atoms with Gasteiger partial charge in [0.1, 0.15) is 0 Å². The van der Waals surface area contributed by atoms with E-state index in [-0.39, 0.29) is 36.4 Å². The van der Waals surface area contributed by atoms with Crippen LogP contribution in [0.3, 0.4) is 0 Å². The summed E-state index contributed by atoms with van der Waals surface area (Å²) < 4.78 is 39.8. The lowest BCUT2D eigenvalue weighted by Gasteiger charge is -2.13. The van der Waals surface area contributed by atoms with Gasteiger partial charge in [-0.2, -0.15) is 0 Å². The smallest absolute Gasteiger partial charge is 0.253 e. The van der Waals surface area contributed by atoms with Crippen molar-refractivity contribution in [3.63, 3.8) is 0 Å². The minimum absolute atomic E-state index is 0. The predicted molar refractivity (Wildman–Crippen MR) is 128 cm³/mol. The fourth-order valence-corrected chi connectivity index (χ4v) is 2.64. The van der Waals surface area contributed by atoms with Gasteiger partial charge in [0, 0.05) is 33.3 Å². The summed E-state index contributed by atoms with van der Waals surface area (Å²) in [6.07, 6.45) is 0.599. The van der Waals surface area contributed by atoms with Crippen molar-refractivity contribution in [3.05, 3.63) is 65.0 Å². The summed E-state index contributed by atoms with van der Waals surface area (Å²) in [7, 11) is 4.88. The Labute approximate surface area is 201 Å². The monoisotopic (exact) mass is 563 g/mol. The zero-order valence-electron chi connectivity index (χ0n) is 17.8. The van der Waals surface area contributed by atoms with Crippen LogP contribution in [0.1, 0.15) is 15.9 Å². The molecule has 0 aromatic heterocycles. The summed E-state index contributed by atoms with van der Waals surface area (Å²) in [5.74, 6) is -4.89. The molecule has 0 radical (unpaired) electrons. The zero-order valence-corrected chi connectivity index (χ0v) is 20.2. The molecular formula is C21H25F3IN5O2. The molecule has 0 heterocycles. The highest BCUT2D eigenvalue weighted by Crippen LogP contribution is 2.19. The normalized spacial score (nSPS) is 10.8. The van der Waals surface area contributed by atoms with Gasteiger partial charge >= 0.3 is 0 Å². The van der Waals surface area contributed by atoms with Crippen LogP contribution in [0.4, 0.5) is 18.9 Å². The van der Waals surface area contributed by atoms with E-state index in [0.717, 1.165) is 17.7 Å². The van der Waals surface area contributed by atoms with Gasteiger partial charge in [0.2, 0.25) is 5.91 Å². The molecule has 0 saturated heterocycles. The predicted octanol–water partition coefficient (Wildman–Crippen LogP) is 2.77. The highest BCUT2D eigenvalue weighted by Gasteiger charge is 2.15. The van der Waals surface area contributed by atoms with Crippen LogP contribution in [-0.2, 0) is 11.2 Å². The Hall–Kier alpha value is -2.83. The minimum atomic E-state index is -1.65. The molecule has 0 spiro atoms. The Bertz CT molecular complexity index is 986. The first-order valence-corrected chi connectivity index (χ1v) is 9.41. The first-order chi connectivity index (χ1) is 14.7. The Kier molecular flexibility index (Phi) is 11.0. The number of hydrogen-bond acceptors (Lipinski definition) is 3. The molecule has 0 aliphatic heterocycles. The standard InChI is InChI=1S/C21H24F3N5O2.HI/c1-25-21(26-10-9-13-5-4-6-14(11-13)20(31)29(2)3)27-12-17(30)28-16-8-7-15(22)18(23)19(16)24;/h4-8,11H,9-10,12H2,1-3H3,(H,28,30)(H2,25,26,27);1H. The van der Waals surface area contributed by atoms with E-state index in [1.165, 1.54) is 11.9 Å². The second-order valence-electron chi connectivity index (χ2n) is 6.77. The largest absolute Gasteiger partial charge is 0.356 e. The maximum absolute atomic E-state index is 13.6. The van der Waals surface area contributed by atoms with Crippen molar-refractivity contribution in [3.8, 4) is 0 Å². The van der Waals surface area contributed by atoms with Gasteiger partial charge in [-0.05, 0) is 36.2 Å². The van der Waals surface area contributed by atoms with Crippen LogP contribution >= 0.6 is 24.0 Å². The molecule has 32 heavy (non-hydrogen) atoms. The molecule has 7 nitrogen and oxygen atoms in total. The summed E-state index contributed by atoms with van der Waals surface area (Å²) in [4.78, 5) is 29.5. The van der Waals surface area contributed by atoms with Crippen molar-refractivity contribution < 1.29 is 22.8 Å². The van der Waals surface area contributed by atoms with Crippen LogP contribution in [-0.4, -0.2) is 56.9 Å². The van der Waals surface area contributed by atoms with Crippen molar-refractivity contribution in [1.82, 2.24) is 15.5 Å². The first-order valence-electron chi connectivity index (χ1n) is 9.41. The van der Waals surface area contributed by atoms with E-state index >= 15 is 0 Å². The lowest BCUT2D eigenvalue weighted by atomic mass is 10.1. The van der Waals surface area contributed by atoms with E-state index in [4.69, 9.17) is 0 Å². The Morgan fingerprint density at radius 3 is 2.41 bits per heavy atom. The summed E-state index contributed by atoms with van der Waals surface area (Å²) in [5.41, 5.74) is 1.08. The maximum atomic E-state index is 13.6. The highest BCUT2D eigenvalue weighted by molar-refractivity contribution is 14.0. The number of guanidine groups is 1. The number of amides is 2. The average molecular weight is 563 g/mol. The van der Waals surface area contributed by atoms with E-state index in [9.17, 15) is 22.8 Å². The fourth-order valence-electron chi connectivity index (χ4n) is 2.64. The zero-order chi connectivity index (χ0) is 23.0. The third kappa shape index (κ3) is 7.70. The van der Waals surface area contributed by atoms with E-state index in [1.54, 1.807) is 26.2 Å². The second-order valence-corrected chi connectivity index (χ2v) is 6.77. The molecule has 2 aromatic rings. The van der Waals surface area contributed by atoms with E-state index in [2.05, 4.69) is 20.9 Å². The Morgan fingerprint density at radius 2 is 1.75 bits per heavy atom. The lowest BCUT2D eigenvalue weighted by molar-refractivity contribution is -0.115. The number of rotatable bonds is 7. The number of nitrogens with zero attached hydrogens (tertiary/aromatic N) is 2. The third-order valence-electron chi connectivity index (χ3n) is 4.24. The molecule has 3 N–H and O–H groups in total. The number of halogens is 4. The molecule has 0 bridgehead atoms. The number of anilines is 1. The van der Waals surface area contributed by atoms with Crippen molar-refractivity contribution in [1.29, 1.82) is 0 Å². The molecule has 0 aliphatic carbocycles. The Morgan fingerprint density at radius 1 is 1.03 bits per heavy atom. The fraction of sp³-hybridized carbons (Fsp3) is 0.286. The molecule has 0 unspecified atom stereocenters. The molecule has 2 rings (SSSR count). The number of carbonyl (C=O) groups is 2. The van der Waals surface area contributed by atoms with Gasteiger partial charge in [-0.1, -0.05) is 12.1 Å². The van der Waals surface area contributed by atoms with Gasteiger partial charge in [-0.15, -0.1) is 24.0 Å². The number of hydrogen-bond donors (Lipinski definition) is 3. The quantitative estimate of drug-likeness (QED) is 0.210. The van der Waals surface area contributed by atoms with Crippen molar-refractivity contribution in [2.24, 2.45) is 4.99 Å². The maximum Gasteiger partial charge on any atom is 0.253 e. The third-order valence-corrected chi connectivity index (χ3v) is 4.24. The SMILES string of the molecule is CN=C(NCCc1cccc(C(=O)N(C)C)c1)NCC(=O)Nc1ccc(F)c(F)c1F.I. The topological polar surface area (TPSA) is 85.8 Å². The molecule has 0 saturated carbocycles. The summed E-state index contributed by atoms with van der Waals surface area (Å²) in [6.45, 7) is 0.198. The molecule has 11 heteroatoms. The van der Waals surface area contributed by atoms with Crippen LogP contribution in [0.25, 0.3) is 0 Å². The van der Waals surface area contributed by atoms with Crippen LogP contribution in [0.5, 0.6) is 0 Å². The lowest BCUT2D eigenvalue weighted by Crippen LogP contribution is -2.42. The van der Waals surface area contributed by atoms with Gasteiger partial charge in [-0.3, -0.25) is 14.6 Å². The van der Waals surface area contributed by atoms with Crippen LogP contribution < -0.4 is 16.0 Å². The molecule has 0 fully saturated rings. The highest BCUT2D eigenvalue weighted by atomic mass is 127. The molecule has 174 valence electrons. The summed E-state index contributed by atoms with van der Waals surface area (Å²) >= 11 is 0. The van der Waals surface area contributed by atoms with Crippen molar-refractivity contribution in [2.75, 3.05) is 39.5 Å². The van der Waals surface area contributed by atoms with Crippen molar-refractivity contribution >= 4 is 47.4 Å². The second kappa shape index (κ2) is 12.9. The summed E-state index contributed by atoms with van der Waals surface area (Å²) in [5, 5.41) is 7.92. The summed E-state index contributed by atoms with van der Waals surface area (Å²) in [6, 6.07) is 8.92. The van der Waals surface area contributed by atoms with Gasteiger partial charge in [0.05, 0.1) is 12.2 Å². The molecule has 0 atom stereocenters. The van der Waals surface area contributed by atoms with Crippen LogP contribution in [0.15, 0.2) is 41.4 Å². The van der Waals surface area contributed by atoms with Crippen LogP contribution in [0.2, 0.25) is 0 Å². The van der Waals surface area contributed by atoms with Gasteiger partial charge in [0.15, 0.2) is 23.4 Å². The van der Waals surface area contributed by atoms with Gasteiger partial charge in [0.25, 0.3) is 5.91 Å². The van der Waals surface area contributed by atoms with Crippen LogP contribution in [0, 0.1) is 17.5 Å². The van der Waals surface area contributed by atoms with E-state index in [1.807, 2.05) is 12.1 Å². The number of aliphatic imine (C=N–C) groups is 1. The van der Waals surface area contributed by atoms with E-state index in [0.29, 0.717) is 24.5 Å². The molecule has 0 aliphatic rings. The molecule has 2 aromatic carbocycles. The Balaban J connectivity index is 0.00000512. The number of benzene rings is 2. The van der Waals surface area contributed by atoms with Gasteiger partial charge < -0.3 is 20.9 Å². The number of nitrogens with one attached hydrogen (secondary N) is 3. The molecule has 2 amide bonds. The van der Waals surface area contributed by atoms with E-state index < -0.39 is 29.0 Å². The average Bonchev–Trinajstić information content (AvgIpc) is 2.76. The minimum Gasteiger partial charge on any atom is -0.356 e.